The SMILES string of the molecule is CCC1SCC(C(=O)O)N1C(=O)N(CCCO)C1CCC1. The Bertz CT molecular complexity index is 389. The second-order valence-electron chi connectivity index (χ2n) is 5.60. The molecule has 2 rings (SSSR count). The summed E-state index contributed by atoms with van der Waals surface area (Å²) >= 11 is 1.54. The molecule has 1 saturated carbocycles. The van der Waals surface area contributed by atoms with Crippen molar-refractivity contribution in [2.24, 2.45) is 0 Å². The molecule has 0 radical (unpaired) electrons. The second kappa shape index (κ2) is 7.35. The molecule has 2 N–H and O–H groups in total. The fourth-order valence-corrected chi connectivity index (χ4v) is 4.19. The number of aliphatic hydroxyl groups excluding tert-OH is 1. The minimum Gasteiger partial charge on any atom is -0.480 e. The van der Waals surface area contributed by atoms with E-state index in [1.807, 2.05) is 6.92 Å². The van der Waals surface area contributed by atoms with Gasteiger partial charge in [0.15, 0.2) is 0 Å². The third-order valence-corrected chi connectivity index (χ3v) is 5.72. The third-order valence-electron chi connectivity index (χ3n) is 4.27. The van der Waals surface area contributed by atoms with Crippen molar-refractivity contribution < 1.29 is 19.8 Å². The van der Waals surface area contributed by atoms with Crippen LogP contribution in [0, 0.1) is 0 Å². The molecule has 2 fully saturated rings. The van der Waals surface area contributed by atoms with E-state index in [1.165, 1.54) is 0 Å². The number of aliphatic hydroxyl groups is 1. The molecule has 0 bridgehead atoms. The molecule has 0 spiro atoms. The zero-order valence-corrected chi connectivity index (χ0v) is 13.2. The van der Waals surface area contributed by atoms with E-state index in [1.54, 1.807) is 21.6 Å². The Labute approximate surface area is 129 Å². The van der Waals surface area contributed by atoms with Crippen LogP contribution in [0.15, 0.2) is 0 Å². The summed E-state index contributed by atoms with van der Waals surface area (Å²) in [4.78, 5) is 27.6. The number of carbonyl (C=O) groups is 2. The normalized spacial score (nSPS) is 25.7. The van der Waals surface area contributed by atoms with Gasteiger partial charge in [0.1, 0.15) is 6.04 Å². The zero-order chi connectivity index (χ0) is 15.4. The Morgan fingerprint density at radius 2 is 2.10 bits per heavy atom. The summed E-state index contributed by atoms with van der Waals surface area (Å²) in [5, 5.41) is 18.3. The van der Waals surface area contributed by atoms with Crippen molar-refractivity contribution in [1.29, 1.82) is 0 Å². The monoisotopic (exact) mass is 316 g/mol. The number of thioether (sulfide) groups is 1. The molecule has 0 aromatic carbocycles. The summed E-state index contributed by atoms with van der Waals surface area (Å²) in [6.07, 6.45) is 4.36. The van der Waals surface area contributed by atoms with E-state index in [0.717, 1.165) is 25.7 Å². The molecule has 2 aliphatic rings. The summed E-state index contributed by atoms with van der Waals surface area (Å²) in [6.45, 7) is 2.53. The molecule has 120 valence electrons. The number of hydrogen-bond donors (Lipinski definition) is 2. The number of aliphatic carboxylic acids is 1. The van der Waals surface area contributed by atoms with Gasteiger partial charge < -0.3 is 15.1 Å². The van der Waals surface area contributed by atoms with E-state index >= 15 is 0 Å². The van der Waals surface area contributed by atoms with Crippen LogP contribution in [-0.4, -0.2) is 68.4 Å². The van der Waals surface area contributed by atoms with Gasteiger partial charge in [-0.2, -0.15) is 0 Å². The molecule has 0 aromatic heterocycles. The van der Waals surface area contributed by atoms with Crippen LogP contribution in [0.2, 0.25) is 0 Å². The number of carboxylic acids is 1. The number of hydrogen-bond acceptors (Lipinski definition) is 4. The Morgan fingerprint density at radius 1 is 1.38 bits per heavy atom. The predicted molar refractivity (Wildman–Crippen MR) is 81.2 cm³/mol. The smallest absolute Gasteiger partial charge is 0.327 e. The number of carboxylic acid groups (broad SMARTS) is 1. The highest BCUT2D eigenvalue weighted by Crippen LogP contribution is 2.34. The van der Waals surface area contributed by atoms with E-state index in [9.17, 15) is 14.7 Å². The van der Waals surface area contributed by atoms with E-state index in [-0.39, 0.29) is 24.1 Å². The highest BCUT2D eigenvalue weighted by atomic mass is 32.2. The van der Waals surface area contributed by atoms with Gasteiger partial charge in [-0.25, -0.2) is 9.59 Å². The molecule has 21 heavy (non-hydrogen) atoms. The maximum absolute atomic E-state index is 12.9. The quantitative estimate of drug-likeness (QED) is 0.777. The van der Waals surface area contributed by atoms with Crippen LogP contribution >= 0.6 is 11.8 Å². The van der Waals surface area contributed by atoms with Crippen molar-refractivity contribution in [1.82, 2.24) is 9.80 Å². The second-order valence-corrected chi connectivity index (χ2v) is 6.81. The number of nitrogens with zero attached hydrogens (tertiary/aromatic N) is 2. The number of amides is 2. The molecule has 7 heteroatoms. The highest BCUT2D eigenvalue weighted by Gasteiger charge is 2.44. The molecular formula is C14H24N2O4S. The molecule has 1 heterocycles. The van der Waals surface area contributed by atoms with E-state index < -0.39 is 12.0 Å². The van der Waals surface area contributed by atoms with Crippen molar-refractivity contribution in [3.8, 4) is 0 Å². The summed E-state index contributed by atoms with van der Waals surface area (Å²) in [7, 11) is 0. The fourth-order valence-electron chi connectivity index (χ4n) is 2.85. The van der Waals surface area contributed by atoms with Crippen LogP contribution in [0.4, 0.5) is 4.79 Å². The summed E-state index contributed by atoms with van der Waals surface area (Å²) in [5.74, 6) is -0.472. The highest BCUT2D eigenvalue weighted by molar-refractivity contribution is 8.00. The van der Waals surface area contributed by atoms with Gasteiger partial charge in [-0.05, 0) is 32.1 Å². The van der Waals surface area contributed by atoms with Crippen molar-refractivity contribution in [2.75, 3.05) is 18.9 Å². The topological polar surface area (TPSA) is 81.1 Å². The molecule has 0 aromatic rings. The van der Waals surface area contributed by atoms with Gasteiger partial charge in [-0.1, -0.05) is 6.92 Å². The number of carbonyl (C=O) groups excluding carboxylic acids is 1. The van der Waals surface area contributed by atoms with Crippen LogP contribution in [0.3, 0.4) is 0 Å². The molecule has 2 atom stereocenters. The molecule has 1 aliphatic heterocycles. The Hall–Kier alpha value is -0.950. The van der Waals surface area contributed by atoms with Crippen LogP contribution in [0.1, 0.15) is 39.0 Å². The van der Waals surface area contributed by atoms with Gasteiger partial charge in [-0.15, -0.1) is 11.8 Å². The predicted octanol–water partition coefficient (Wildman–Crippen LogP) is 1.58. The van der Waals surface area contributed by atoms with Gasteiger partial charge in [0.25, 0.3) is 0 Å². The van der Waals surface area contributed by atoms with E-state index in [2.05, 4.69) is 0 Å². The average Bonchev–Trinajstić information content (AvgIpc) is 2.84. The number of urea groups is 1. The first kappa shape index (κ1) is 16.4. The van der Waals surface area contributed by atoms with Crippen molar-refractivity contribution in [3.63, 3.8) is 0 Å². The molecule has 1 saturated heterocycles. The van der Waals surface area contributed by atoms with E-state index in [4.69, 9.17) is 5.11 Å². The lowest BCUT2D eigenvalue weighted by Crippen LogP contribution is -2.55. The third kappa shape index (κ3) is 3.45. The van der Waals surface area contributed by atoms with Gasteiger partial charge in [0.2, 0.25) is 0 Å². The lowest BCUT2D eigenvalue weighted by molar-refractivity contribution is -0.141. The lowest BCUT2D eigenvalue weighted by atomic mass is 9.91. The van der Waals surface area contributed by atoms with Gasteiger partial charge in [-0.3, -0.25) is 4.90 Å². The summed E-state index contributed by atoms with van der Waals surface area (Å²) in [5.41, 5.74) is 0. The molecule has 1 aliphatic carbocycles. The van der Waals surface area contributed by atoms with Crippen LogP contribution in [0.5, 0.6) is 0 Å². The molecule has 6 nitrogen and oxygen atoms in total. The first-order valence-corrected chi connectivity index (χ1v) is 8.69. The fraction of sp³-hybridized carbons (Fsp3) is 0.857. The minimum absolute atomic E-state index is 0.0464. The maximum atomic E-state index is 12.9. The Morgan fingerprint density at radius 3 is 2.57 bits per heavy atom. The van der Waals surface area contributed by atoms with Gasteiger partial charge in [0.05, 0.1) is 5.37 Å². The van der Waals surface area contributed by atoms with Gasteiger partial charge >= 0.3 is 12.0 Å². The van der Waals surface area contributed by atoms with Crippen LogP contribution < -0.4 is 0 Å². The largest absolute Gasteiger partial charge is 0.480 e. The van der Waals surface area contributed by atoms with Gasteiger partial charge in [0, 0.05) is 24.9 Å². The minimum atomic E-state index is -0.928. The van der Waals surface area contributed by atoms with Crippen molar-refractivity contribution in [3.05, 3.63) is 0 Å². The molecule has 2 amide bonds. The van der Waals surface area contributed by atoms with Crippen LogP contribution in [-0.2, 0) is 4.79 Å². The summed E-state index contributed by atoms with van der Waals surface area (Å²) < 4.78 is 0. The van der Waals surface area contributed by atoms with E-state index in [0.29, 0.717) is 18.7 Å². The van der Waals surface area contributed by atoms with Crippen molar-refractivity contribution >= 4 is 23.8 Å². The molecule has 2 unspecified atom stereocenters. The average molecular weight is 316 g/mol. The lowest BCUT2D eigenvalue weighted by Gasteiger charge is -2.41. The van der Waals surface area contributed by atoms with Crippen molar-refractivity contribution in [2.45, 2.75) is 56.5 Å². The maximum Gasteiger partial charge on any atom is 0.327 e. The summed E-state index contributed by atoms with van der Waals surface area (Å²) in [6, 6.07) is -0.692. The van der Waals surface area contributed by atoms with Crippen LogP contribution in [0.25, 0.3) is 0 Å². The first-order valence-electron chi connectivity index (χ1n) is 7.64. The Balaban J connectivity index is 2.13. The zero-order valence-electron chi connectivity index (χ0n) is 12.4. The standard InChI is InChI=1S/C14H24N2O4S/c1-2-12-16(11(9-21-12)13(18)19)14(20)15(7-4-8-17)10-5-3-6-10/h10-12,17H,2-9H2,1H3,(H,18,19). The first-order chi connectivity index (χ1) is 10.1. The number of rotatable bonds is 6. The Kier molecular flexibility index (Phi) is 5.75. The molecular weight excluding hydrogens is 292 g/mol.